The average Bonchev–Trinajstić information content (AvgIpc) is 2.62. The lowest BCUT2D eigenvalue weighted by molar-refractivity contribution is -0.138. The summed E-state index contributed by atoms with van der Waals surface area (Å²) in [6, 6.07) is 15.3. The van der Waals surface area contributed by atoms with E-state index >= 15 is 0 Å². The first kappa shape index (κ1) is 19.3. The summed E-state index contributed by atoms with van der Waals surface area (Å²) in [7, 11) is 0. The standard InChI is InChI=1S/C20H23NO5/c1-3-25-16-11-9-15(10-12-16)18(13-19(22)23)21-20(24)14(2)26-17-7-5-4-6-8-17/h4-12,14,18H,3,13H2,1-2H3,(H,21,24)(H,22,23)/t14-,18-/m1/s1. The van der Waals surface area contributed by atoms with E-state index in [-0.39, 0.29) is 12.3 Å². The predicted octanol–water partition coefficient (Wildman–Crippen LogP) is 3.18. The van der Waals surface area contributed by atoms with Gasteiger partial charge >= 0.3 is 5.97 Å². The molecule has 0 heterocycles. The van der Waals surface area contributed by atoms with Gasteiger partial charge in [0.2, 0.25) is 0 Å². The Kier molecular flexibility index (Phi) is 7.02. The molecule has 1 amide bonds. The number of benzene rings is 2. The number of hydrogen-bond donors (Lipinski definition) is 2. The molecule has 2 aromatic rings. The molecule has 138 valence electrons. The van der Waals surface area contributed by atoms with E-state index in [1.165, 1.54) is 0 Å². The van der Waals surface area contributed by atoms with Gasteiger partial charge in [-0.3, -0.25) is 9.59 Å². The summed E-state index contributed by atoms with van der Waals surface area (Å²) in [5.74, 6) is -0.113. The summed E-state index contributed by atoms with van der Waals surface area (Å²) >= 11 is 0. The zero-order valence-corrected chi connectivity index (χ0v) is 14.8. The first-order chi connectivity index (χ1) is 12.5. The van der Waals surface area contributed by atoms with Gasteiger partial charge in [-0.1, -0.05) is 30.3 Å². The van der Waals surface area contributed by atoms with Gasteiger partial charge in [-0.05, 0) is 43.7 Å². The molecule has 2 rings (SSSR count). The van der Waals surface area contributed by atoms with Crippen molar-refractivity contribution in [2.75, 3.05) is 6.61 Å². The van der Waals surface area contributed by atoms with Crippen LogP contribution in [0.1, 0.15) is 31.9 Å². The molecule has 0 aliphatic heterocycles. The molecule has 0 aromatic heterocycles. The summed E-state index contributed by atoms with van der Waals surface area (Å²) in [6.45, 7) is 4.05. The van der Waals surface area contributed by atoms with E-state index < -0.39 is 18.1 Å². The number of aliphatic carboxylic acids is 1. The van der Waals surface area contributed by atoms with E-state index in [1.807, 2.05) is 25.1 Å². The lowest BCUT2D eigenvalue weighted by atomic mass is 10.0. The van der Waals surface area contributed by atoms with Crippen LogP contribution in [0.5, 0.6) is 11.5 Å². The monoisotopic (exact) mass is 357 g/mol. The van der Waals surface area contributed by atoms with Crippen LogP contribution >= 0.6 is 0 Å². The van der Waals surface area contributed by atoms with Gasteiger partial charge in [0.05, 0.1) is 19.1 Å². The normalized spacial score (nSPS) is 12.7. The molecule has 0 spiro atoms. The number of carbonyl (C=O) groups excluding carboxylic acids is 1. The second-order valence-electron chi connectivity index (χ2n) is 5.73. The van der Waals surface area contributed by atoms with Crippen LogP contribution in [0.2, 0.25) is 0 Å². The zero-order valence-electron chi connectivity index (χ0n) is 14.8. The Morgan fingerprint density at radius 3 is 2.27 bits per heavy atom. The molecule has 0 radical (unpaired) electrons. The summed E-state index contributed by atoms with van der Waals surface area (Å²) in [4.78, 5) is 23.6. The molecule has 0 fully saturated rings. The third-order valence-corrected chi connectivity index (χ3v) is 3.71. The van der Waals surface area contributed by atoms with Crippen LogP contribution in [0.3, 0.4) is 0 Å². The van der Waals surface area contributed by atoms with Crippen LogP contribution < -0.4 is 14.8 Å². The maximum atomic E-state index is 12.4. The van der Waals surface area contributed by atoms with Gasteiger partial charge in [-0.25, -0.2) is 0 Å². The van der Waals surface area contributed by atoms with E-state index in [1.54, 1.807) is 43.3 Å². The Hall–Kier alpha value is -3.02. The maximum Gasteiger partial charge on any atom is 0.305 e. The van der Waals surface area contributed by atoms with Crippen molar-refractivity contribution in [3.05, 3.63) is 60.2 Å². The molecule has 0 unspecified atom stereocenters. The Balaban J connectivity index is 2.06. The van der Waals surface area contributed by atoms with Crippen molar-refractivity contribution in [3.8, 4) is 11.5 Å². The molecule has 0 saturated carbocycles. The maximum absolute atomic E-state index is 12.4. The van der Waals surface area contributed by atoms with Crippen LogP contribution in [-0.4, -0.2) is 29.7 Å². The minimum atomic E-state index is -0.999. The third kappa shape index (κ3) is 5.81. The highest BCUT2D eigenvalue weighted by Gasteiger charge is 2.22. The van der Waals surface area contributed by atoms with Gasteiger partial charge in [0.15, 0.2) is 6.10 Å². The van der Waals surface area contributed by atoms with E-state index in [2.05, 4.69) is 5.32 Å². The quantitative estimate of drug-likeness (QED) is 0.720. The van der Waals surface area contributed by atoms with E-state index in [4.69, 9.17) is 14.6 Å². The van der Waals surface area contributed by atoms with Crippen molar-refractivity contribution >= 4 is 11.9 Å². The fraction of sp³-hybridized carbons (Fsp3) is 0.300. The Bertz CT molecular complexity index is 715. The second-order valence-corrected chi connectivity index (χ2v) is 5.73. The smallest absolute Gasteiger partial charge is 0.305 e. The van der Waals surface area contributed by atoms with Crippen molar-refractivity contribution < 1.29 is 24.2 Å². The SMILES string of the molecule is CCOc1ccc([C@@H](CC(=O)O)NC(=O)[C@@H](C)Oc2ccccc2)cc1. The Morgan fingerprint density at radius 1 is 1.04 bits per heavy atom. The molecule has 0 saturated heterocycles. The number of ether oxygens (including phenoxy) is 2. The third-order valence-electron chi connectivity index (χ3n) is 3.71. The summed E-state index contributed by atoms with van der Waals surface area (Å²) in [5, 5.41) is 11.9. The zero-order chi connectivity index (χ0) is 18.9. The minimum absolute atomic E-state index is 0.224. The number of nitrogens with one attached hydrogen (secondary N) is 1. The van der Waals surface area contributed by atoms with E-state index in [0.717, 1.165) is 0 Å². The molecule has 0 bridgehead atoms. The first-order valence-electron chi connectivity index (χ1n) is 8.46. The molecular formula is C20H23NO5. The fourth-order valence-electron chi connectivity index (χ4n) is 2.44. The molecule has 0 aliphatic carbocycles. The molecule has 26 heavy (non-hydrogen) atoms. The Morgan fingerprint density at radius 2 is 1.69 bits per heavy atom. The highest BCUT2D eigenvalue weighted by Crippen LogP contribution is 2.21. The number of hydrogen-bond acceptors (Lipinski definition) is 4. The second kappa shape index (κ2) is 9.46. The summed E-state index contributed by atoms with van der Waals surface area (Å²) in [6.07, 6.45) is -0.978. The summed E-state index contributed by atoms with van der Waals surface area (Å²) in [5.41, 5.74) is 0.691. The van der Waals surface area contributed by atoms with Crippen LogP contribution in [0.4, 0.5) is 0 Å². The number of para-hydroxylation sites is 1. The fourth-order valence-corrected chi connectivity index (χ4v) is 2.44. The number of carboxylic acid groups (broad SMARTS) is 1. The van der Waals surface area contributed by atoms with E-state index in [9.17, 15) is 9.59 Å². The van der Waals surface area contributed by atoms with Crippen LogP contribution in [0.15, 0.2) is 54.6 Å². The predicted molar refractivity (Wildman–Crippen MR) is 97.3 cm³/mol. The lowest BCUT2D eigenvalue weighted by Crippen LogP contribution is -2.39. The van der Waals surface area contributed by atoms with Crippen molar-refractivity contribution in [2.45, 2.75) is 32.4 Å². The number of carbonyl (C=O) groups is 2. The van der Waals surface area contributed by atoms with Crippen LogP contribution in [0, 0.1) is 0 Å². The first-order valence-corrected chi connectivity index (χ1v) is 8.46. The largest absolute Gasteiger partial charge is 0.494 e. The van der Waals surface area contributed by atoms with Gasteiger partial charge < -0.3 is 19.9 Å². The number of rotatable bonds is 9. The van der Waals surface area contributed by atoms with Crippen LogP contribution in [0.25, 0.3) is 0 Å². The molecule has 2 atom stereocenters. The molecule has 2 N–H and O–H groups in total. The highest BCUT2D eigenvalue weighted by atomic mass is 16.5. The topological polar surface area (TPSA) is 84.9 Å². The highest BCUT2D eigenvalue weighted by molar-refractivity contribution is 5.82. The molecule has 0 aliphatic rings. The van der Waals surface area contributed by atoms with Gasteiger partial charge in [0.25, 0.3) is 5.91 Å². The van der Waals surface area contributed by atoms with Crippen molar-refractivity contribution in [3.63, 3.8) is 0 Å². The average molecular weight is 357 g/mol. The summed E-state index contributed by atoms with van der Waals surface area (Å²) < 4.78 is 11.0. The number of amides is 1. The molecule has 6 nitrogen and oxygen atoms in total. The van der Waals surface area contributed by atoms with Gasteiger partial charge in [-0.2, -0.15) is 0 Å². The molecule has 6 heteroatoms. The number of carboxylic acids is 1. The van der Waals surface area contributed by atoms with Crippen LogP contribution in [-0.2, 0) is 9.59 Å². The van der Waals surface area contributed by atoms with Gasteiger partial charge in [0, 0.05) is 0 Å². The van der Waals surface area contributed by atoms with Crippen molar-refractivity contribution in [1.82, 2.24) is 5.32 Å². The van der Waals surface area contributed by atoms with Gasteiger partial charge in [-0.15, -0.1) is 0 Å². The minimum Gasteiger partial charge on any atom is -0.494 e. The molecule has 2 aromatic carbocycles. The molecular weight excluding hydrogens is 334 g/mol. The van der Waals surface area contributed by atoms with Gasteiger partial charge in [0.1, 0.15) is 11.5 Å². The van der Waals surface area contributed by atoms with Crippen molar-refractivity contribution in [1.29, 1.82) is 0 Å². The van der Waals surface area contributed by atoms with E-state index in [0.29, 0.717) is 23.7 Å². The lowest BCUT2D eigenvalue weighted by Gasteiger charge is -2.21. The van der Waals surface area contributed by atoms with Crippen molar-refractivity contribution in [2.24, 2.45) is 0 Å². The Labute approximate surface area is 152 Å².